The molecule has 1 saturated heterocycles. The van der Waals surface area contributed by atoms with Crippen molar-refractivity contribution < 1.29 is 4.74 Å². The molecule has 2 aromatic heterocycles. The van der Waals surface area contributed by atoms with Crippen molar-refractivity contribution >= 4 is 27.6 Å². The number of halogens is 1. The fourth-order valence-electron chi connectivity index (χ4n) is 4.61. The number of hydrogen-bond donors (Lipinski definition) is 0. The van der Waals surface area contributed by atoms with Crippen LogP contribution in [0.3, 0.4) is 0 Å². The smallest absolute Gasteiger partial charge is 0.226 e. The molecule has 1 fully saturated rings. The number of rotatable bonds is 3. The van der Waals surface area contributed by atoms with E-state index in [1.807, 2.05) is 29.9 Å². The first-order valence-corrected chi connectivity index (χ1v) is 13.2. The van der Waals surface area contributed by atoms with Gasteiger partial charge >= 0.3 is 0 Å². The summed E-state index contributed by atoms with van der Waals surface area (Å²) >= 11 is 3.65. The molecule has 0 unspecified atom stereocenters. The van der Waals surface area contributed by atoms with Crippen molar-refractivity contribution in [3.8, 4) is 17.1 Å². The van der Waals surface area contributed by atoms with Gasteiger partial charge in [0.1, 0.15) is 5.69 Å². The Morgan fingerprint density at radius 3 is 2.74 bits per heavy atom. The van der Waals surface area contributed by atoms with E-state index in [2.05, 4.69) is 67.3 Å². The SMILES string of the molecule is CCCCN1C/C=C\COC2CCN(CC2)c2cc(Br)ccc2-n2cc(nn2)-c2cc(C)nc1n2. The van der Waals surface area contributed by atoms with E-state index in [1.165, 1.54) is 0 Å². The van der Waals surface area contributed by atoms with E-state index in [1.54, 1.807) is 0 Å². The zero-order valence-corrected chi connectivity index (χ0v) is 22.0. The third-order valence-electron chi connectivity index (χ3n) is 6.55. The van der Waals surface area contributed by atoms with Gasteiger partial charge in [-0.1, -0.05) is 46.6 Å². The fraction of sp³-hybridized carbons (Fsp3) is 0.462. The highest BCUT2D eigenvalue weighted by Crippen LogP contribution is 2.31. The van der Waals surface area contributed by atoms with E-state index in [0.29, 0.717) is 6.61 Å². The van der Waals surface area contributed by atoms with Crippen molar-refractivity contribution in [3.63, 3.8) is 0 Å². The third-order valence-corrected chi connectivity index (χ3v) is 7.04. The maximum absolute atomic E-state index is 6.19. The van der Waals surface area contributed by atoms with Gasteiger partial charge in [-0.3, -0.25) is 0 Å². The summed E-state index contributed by atoms with van der Waals surface area (Å²) in [6.07, 6.45) is 10.7. The number of piperidine rings is 1. The molecule has 9 heteroatoms. The van der Waals surface area contributed by atoms with Crippen LogP contribution in [0.25, 0.3) is 17.1 Å². The van der Waals surface area contributed by atoms with E-state index in [0.717, 1.165) is 90.7 Å². The Bertz CT molecular complexity index is 1190. The first-order chi connectivity index (χ1) is 17.1. The standard InChI is InChI=1S/C26H32BrN7O/c1-3-4-11-33-12-5-6-15-35-21-9-13-32(14-10-21)25-17-20(27)7-8-24(25)34-18-23(30-31-34)22-16-19(2)28-26(33)29-22/h5-8,16-18,21H,3-4,9-15H2,1-2H3/b6-5-. The molecule has 0 amide bonds. The highest BCUT2D eigenvalue weighted by Gasteiger charge is 2.23. The molecule has 3 aliphatic rings. The van der Waals surface area contributed by atoms with Gasteiger partial charge in [0.05, 0.1) is 36.0 Å². The molecule has 35 heavy (non-hydrogen) atoms. The van der Waals surface area contributed by atoms with Gasteiger partial charge in [0.25, 0.3) is 0 Å². The molecule has 6 bridgehead atoms. The van der Waals surface area contributed by atoms with Gasteiger partial charge in [-0.2, -0.15) is 0 Å². The lowest BCUT2D eigenvalue weighted by Gasteiger charge is -2.34. The molecule has 3 aliphatic heterocycles. The van der Waals surface area contributed by atoms with Crippen LogP contribution in [-0.2, 0) is 4.74 Å². The van der Waals surface area contributed by atoms with E-state index < -0.39 is 0 Å². The van der Waals surface area contributed by atoms with Crippen molar-refractivity contribution in [1.82, 2.24) is 25.0 Å². The Morgan fingerprint density at radius 1 is 1.06 bits per heavy atom. The number of ether oxygens (including phenoxy) is 1. The maximum atomic E-state index is 6.19. The molecule has 5 heterocycles. The monoisotopic (exact) mass is 537 g/mol. The number of benzene rings is 1. The molecule has 8 nitrogen and oxygen atoms in total. The summed E-state index contributed by atoms with van der Waals surface area (Å²) in [5, 5.41) is 8.99. The zero-order chi connectivity index (χ0) is 24.2. The number of aryl methyl sites for hydroxylation is 1. The lowest BCUT2D eigenvalue weighted by molar-refractivity contribution is 0.0561. The van der Waals surface area contributed by atoms with Crippen LogP contribution in [0, 0.1) is 6.92 Å². The molecule has 184 valence electrons. The average molecular weight is 538 g/mol. The molecule has 1 aromatic carbocycles. The number of hydrogen-bond acceptors (Lipinski definition) is 7. The van der Waals surface area contributed by atoms with Gasteiger partial charge in [-0.25, -0.2) is 14.6 Å². The summed E-state index contributed by atoms with van der Waals surface area (Å²) in [5.74, 6) is 0.726. The summed E-state index contributed by atoms with van der Waals surface area (Å²) in [7, 11) is 0. The normalized spacial score (nSPS) is 17.7. The van der Waals surface area contributed by atoms with Crippen molar-refractivity contribution in [2.75, 3.05) is 42.6 Å². The largest absolute Gasteiger partial charge is 0.374 e. The van der Waals surface area contributed by atoms with E-state index >= 15 is 0 Å². The Hall–Kier alpha value is -2.78. The Kier molecular flexibility index (Phi) is 7.43. The van der Waals surface area contributed by atoms with Crippen molar-refractivity contribution in [2.45, 2.75) is 45.6 Å². The van der Waals surface area contributed by atoms with Crippen LogP contribution < -0.4 is 9.80 Å². The van der Waals surface area contributed by atoms with Gasteiger partial charge in [0.2, 0.25) is 5.95 Å². The molecule has 0 spiro atoms. The van der Waals surface area contributed by atoms with Crippen LogP contribution in [0.5, 0.6) is 0 Å². The number of nitrogens with zero attached hydrogens (tertiary/aromatic N) is 7. The Morgan fingerprint density at radius 2 is 1.91 bits per heavy atom. The average Bonchev–Trinajstić information content (AvgIpc) is 3.35. The number of aromatic nitrogens is 5. The van der Waals surface area contributed by atoms with Crippen LogP contribution >= 0.6 is 15.9 Å². The molecular weight excluding hydrogens is 506 g/mol. The van der Waals surface area contributed by atoms with E-state index in [9.17, 15) is 0 Å². The lowest BCUT2D eigenvalue weighted by Crippen LogP contribution is -2.37. The van der Waals surface area contributed by atoms with Gasteiger partial charge in [-0.15, -0.1) is 5.10 Å². The summed E-state index contributed by atoms with van der Waals surface area (Å²) < 4.78 is 9.09. The molecule has 0 atom stereocenters. The minimum Gasteiger partial charge on any atom is -0.374 e. The van der Waals surface area contributed by atoms with Crippen LogP contribution in [0.15, 0.2) is 47.1 Å². The van der Waals surface area contributed by atoms with E-state index in [4.69, 9.17) is 14.7 Å². The summed E-state index contributed by atoms with van der Waals surface area (Å²) in [4.78, 5) is 14.3. The number of fused-ring (bicyclic) bond motifs is 6. The molecule has 3 aromatic rings. The van der Waals surface area contributed by atoms with Gasteiger partial charge < -0.3 is 14.5 Å². The minimum absolute atomic E-state index is 0.280. The van der Waals surface area contributed by atoms with Gasteiger partial charge in [0.15, 0.2) is 0 Å². The molecule has 0 aliphatic carbocycles. The van der Waals surface area contributed by atoms with Gasteiger partial charge in [-0.05, 0) is 50.5 Å². The second-order valence-corrected chi connectivity index (χ2v) is 10.1. The Labute approximate surface area is 215 Å². The fourth-order valence-corrected chi connectivity index (χ4v) is 4.96. The van der Waals surface area contributed by atoms with Crippen molar-refractivity contribution in [1.29, 1.82) is 0 Å². The number of anilines is 2. The molecule has 0 radical (unpaired) electrons. The van der Waals surface area contributed by atoms with Crippen molar-refractivity contribution in [2.24, 2.45) is 0 Å². The zero-order valence-electron chi connectivity index (χ0n) is 20.4. The molecule has 6 rings (SSSR count). The topological polar surface area (TPSA) is 72.2 Å². The summed E-state index contributed by atoms with van der Waals surface area (Å²) in [6, 6.07) is 8.28. The van der Waals surface area contributed by atoms with Crippen molar-refractivity contribution in [3.05, 3.63) is 52.8 Å². The summed E-state index contributed by atoms with van der Waals surface area (Å²) in [5.41, 5.74) is 4.58. The second kappa shape index (κ2) is 10.9. The highest BCUT2D eigenvalue weighted by atomic mass is 79.9. The second-order valence-electron chi connectivity index (χ2n) is 9.17. The third kappa shape index (κ3) is 5.56. The molecule has 0 saturated carbocycles. The quantitative estimate of drug-likeness (QED) is 0.437. The van der Waals surface area contributed by atoms with Crippen LogP contribution in [-0.4, -0.2) is 63.9 Å². The predicted molar refractivity (Wildman–Crippen MR) is 142 cm³/mol. The Balaban J connectivity index is 1.57. The maximum Gasteiger partial charge on any atom is 0.226 e. The minimum atomic E-state index is 0.280. The van der Waals surface area contributed by atoms with E-state index in [-0.39, 0.29) is 6.10 Å². The first kappa shape index (κ1) is 23.9. The van der Waals surface area contributed by atoms with Crippen LogP contribution in [0.4, 0.5) is 11.6 Å². The van der Waals surface area contributed by atoms with Crippen LogP contribution in [0.1, 0.15) is 38.3 Å². The highest BCUT2D eigenvalue weighted by molar-refractivity contribution is 9.10. The number of unbranched alkanes of at least 4 members (excludes halogenated alkanes) is 1. The lowest BCUT2D eigenvalue weighted by atomic mass is 10.1. The van der Waals surface area contributed by atoms with Gasteiger partial charge in [0, 0.05) is 36.3 Å². The summed E-state index contributed by atoms with van der Waals surface area (Å²) in [6.45, 7) is 8.37. The predicted octanol–water partition coefficient (Wildman–Crippen LogP) is 4.96. The first-order valence-electron chi connectivity index (χ1n) is 12.5. The van der Waals surface area contributed by atoms with Crippen LogP contribution in [0.2, 0.25) is 0 Å². The molecule has 0 N–H and O–H groups in total. The molecular formula is C26H32BrN7O.